The first kappa shape index (κ1) is 25.9. The highest BCUT2D eigenvalue weighted by Gasteiger charge is 2.54. The number of fused-ring (bicyclic) bond motifs is 2. The van der Waals surface area contributed by atoms with Gasteiger partial charge in [-0.25, -0.2) is 14.4 Å². The third kappa shape index (κ3) is 5.13. The van der Waals surface area contributed by atoms with Gasteiger partial charge in [-0.2, -0.15) is 0 Å². The molecular formula is C32H34N4O4. The summed E-state index contributed by atoms with van der Waals surface area (Å²) < 4.78 is 0. The van der Waals surface area contributed by atoms with Gasteiger partial charge in [0.15, 0.2) is 6.04 Å². The highest BCUT2D eigenvalue weighted by Crippen LogP contribution is 2.39. The maximum atomic E-state index is 14.2. The molecule has 3 aliphatic rings. The maximum Gasteiger partial charge on any atom is 0.329 e. The number of para-hydroxylation sites is 2. The average molecular weight is 539 g/mol. The number of rotatable bonds is 7. The van der Waals surface area contributed by atoms with Crippen molar-refractivity contribution in [2.24, 2.45) is 5.92 Å². The van der Waals surface area contributed by atoms with Crippen molar-refractivity contribution in [1.82, 2.24) is 14.7 Å². The van der Waals surface area contributed by atoms with E-state index in [0.717, 1.165) is 18.4 Å². The van der Waals surface area contributed by atoms with Crippen molar-refractivity contribution in [3.8, 4) is 0 Å². The van der Waals surface area contributed by atoms with Gasteiger partial charge in [-0.1, -0.05) is 66.7 Å². The number of carboxylic acid groups (broad SMARTS) is 1. The predicted octanol–water partition coefficient (Wildman–Crippen LogP) is 5.58. The van der Waals surface area contributed by atoms with Crippen LogP contribution >= 0.6 is 0 Å². The van der Waals surface area contributed by atoms with Gasteiger partial charge in [0.1, 0.15) is 0 Å². The molecule has 8 nitrogen and oxygen atoms in total. The second-order valence-electron chi connectivity index (χ2n) is 11.0. The molecule has 3 atom stereocenters. The topological polar surface area (TPSA) is 84.4 Å². The number of piperazine rings is 1. The summed E-state index contributed by atoms with van der Waals surface area (Å²) >= 11 is 0. The van der Waals surface area contributed by atoms with Gasteiger partial charge in [0.2, 0.25) is 0 Å². The van der Waals surface area contributed by atoms with Crippen molar-refractivity contribution in [3.63, 3.8) is 0 Å². The average Bonchev–Trinajstić information content (AvgIpc) is 3.75. The lowest BCUT2D eigenvalue weighted by Gasteiger charge is -2.47. The number of carboxylic acids is 1. The van der Waals surface area contributed by atoms with E-state index in [0.29, 0.717) is 43.2 Å². The fraction of sp³-hybridized carbons (Fsp3) is 0.344. The fourth-order valence-electron chi connectivity index (χ4n) is 6.18. The van der Waals surface area contributed by atoms with Gasteiger partial charge in [0, 0.05) is 19.6 Å². The van der Waals surface area contributed by atoms with Gasteiger partial charge < -0.3 is 19.8 Å². The maximum absolute atomic E-state index is 14.2. The minimum atomic E-state index is -1.13. The van der Waals surface area contributed by atoms with Crippen molar-refractivity contribution in [2.45, 2.75) is 50.4 Å². The molecule has 6 rings (SSSR count). The summed E-state index contributed by atoms with van der Waals surface area (Å²) in [4.78, 5) is 47.8. The lowest BCUT2D eigenvalue weighted by molar-refractivity contribution is -0.145. The number of urea groups is 2. The molecule has 4 amide bonds. The first-order chi connectivity index (χ1) is 19.5. The number of hydrogen-bond donors (Lipinski definition) is 1. The Morgan fingerprint density at radius 1 is 0.750 bits per heavy atom. The Morgan fingerprint density at radius 3 is 1.88 bits per heavy atom. The number of amides is 4. The summed E-state index contributed by atoms with van der Waals surface area (Å²) in [5.41, 5.74) is 2.37. The number of benzene rings is 3. The second-order valence-corrected chi connectivity index (χ2v) is 11.0. The Kier molecular flexibility index (Phi) is 7.15. The summed E-state index contributed by atoms with van der Waals surface area (Å²) in [6.07, 6.45) is 3.44. The van der Waals surface area contributed by atoms with Crippen LogP contribution in [-0.4, -0.2) is 69.1 Å². The molecule has 8 heteroatoms. The van der Waals surface area contributed by atoms with Gasteiger partial charge in [-0.15, -0.1) is 0 Å². The largest absolute Gasteiger partial charge is 0.480 e. The molecule has 2 aliphatic heterocycles. The summed E-state index contributed by atoms with van der Waals surface area (Å²) in [5, 5.41) is 10.5. The third-order valence-corrected chi connectivity index (χ3v) is 8.26. The van der Waals surface area contributed by atoms with Crippen LogP contribution in [0.3, 0.4) is 0 Å². The molecular weight excluding hydrogens is 504 g/mol. The minimum Gasteiger partial charge on any atom is -0.480 e. The van der Waals surface area contributed by atoms with E-state index in [-0.39, 0.29) is 18.6 Å². The van der Waals surface area contributed by atoms with E-state index in [9.17, 15) is 19.5 Å². The van der Waals surface area contributed by atoms with Crippen LogP contribution in [0.4, 0.5) is 21.0 Å². The van der Waals surface area contributed by atoms with Gasteiger partial charge in [0.25, 0.3) is 0 Å². The van der Waals surface area contributed by atoms with E-state index in [1.807, 2.05) is 95.9 Å². The van der Waals surface area contributed by atoms with E-state index >= 15 is 0 Å². The second kappa shape index (κ2) is 11.0. The standard InChI is InChI=1S/C32H34N4O4/c37-30(38)29-28-19-18-27(36(28)31(39)33(21-24-16-17-24)20-23-10-4-1-5-11-23)22-34(29)32(40)35(25-12-6-2-7-13-25)26-14-8-3-9-15-26/h1-15,24,27-29H,16-22H2,(H,37,38)/t27-,28?,29-/m0/s1. The molecule has 0 aromatic heterocycles. The lowest BCUT2D eigenvalue weighted by Crippen LogP contribution is -2.67. The Balaban J connectivity index is 1.29. The van der Waals surface area contributed by atoms with E-state index < -0.39 is 24.1 Å². The molecule has 40 heavy (non-hydrogen) atoms. The van der Waals surface area contributed by atoms with Gasteiger partial charge in [-0.3, -0.25) is 4.90 Å². The first-order valence-corrected chi connectivity index (χ1v) is 14.1. The predicted molar refractivity (Wildman–Crippen MR) is 152 cm³/mol. The van der Waals surface area contributed by atoms with E-state index in [1.165, 1.54) is 4.90 Å². The zero-order chi connectivity index (χ0) is 27.6. The normalized spacial score (nSPS) is 21.6. The van der Waals surface area contributed by atoms with Crippen molar-refractivity contribution < 1.29 is 19.5 Å². The fourth-order valence-corrected chi connectivity index (χ4v) is 6.18. The molecule has 0 radical (unpaired) electrons. The number of carbonyl (C=O) groups excluding carboxylic acids is 2. The number of anilines is 2. The van der Waals surface area contributed by atoms with Crippen LogP contribution in [0.2, 0.25) is 0 Å². The molecule has 3 aromatic carbocycles. The molecule has 2 heterocycles. The van der Waals surface area contributed by atoms with Crippen molar-refractivity contribution in [2.75, 3.05) is 18.0 Å². The van der Waals surface area contributed by atoms with Gasteiger partial charge in [-0.05, 0) is 61.4 Å². The highest BCUT2D eigenvalue weighted by molar-refractivity contribution is 6.01. The summed E-state index contributed by atoms with van der Waals surface area (Å²) in [6, 6.07) is 26.0. The first-order valence-electron chi connectivity index (χ1n) is 14.1. The molecule has 206 valence electrons. The van der Waals surface area contributed by atoms with Crippen LogP contribution in [-0.2, 0) is 11.3 Å². The Morgan fingerprint density at radius 2 is 1.32 bits per heavy atom. The highest BCUT2D eigenvalue weighted by atomic mass is 16.4. The molecule has 3 fully saturated rings. The Bertz CT molecular complexity index is 1310. The van der Waals surface area contributed by atoms with Crippen molar-refractivity contribution >= 4 is 29.4 Å². The molecule has 1 N–H and O–H groups in total. The van der Waals surface area contributed by atoms with E-state index in [2.05, 4.69) is 0 Å². The van der Waals surface area contributed by atoms with Crippen LogP contribution in [0, 0.1) is 5.92 Å². The van der Waals surface area contributed by atoms with Crippen LogP contribution in [0.15, 0.2) is 91.0 Å². The van der Waals surface area contributed by atoms with Crippen molar-refractivity contribution in [3.05, 3.63) is 96.6 Å². The SMILES string of the molecule is O=C(O)[C@@H]1C2CC[C@@H](CN1C(=O)N(c1ccccc1)c1ccccc1)N2C(=O)N(Cc1ccccc1)CC1CC1. The van der Waals surface area contributed by atoms with E-state index in [1.54, 1.807) is 9.80 Å². The number of carbonyl (C=O) groups is 3. The molecule has 1 saturated carbocycles. The molecule has 2 bridgehead atoms. The zero-order valence-electron chi connectivity index (χ0n) is 22.4. The van der Waals surface area contributed by atoms with Crippen LogP contribution in [0.25, 0.3) is 0 Å². The zero-order valence-corrected chi connectivity index (χ0v) is 22.4. The van der Waals surface area contributed by atoms with Crippen molar-refractivity contribution in [1.29, 1.82) is 0 Å². The third-order valence-electron chi connectivity index (χ3n) is 8.26. The molecule has 1 aliphatic carbocycles. The number of aliphatic carboxylic acids is 1. The summed E-state index contributed by atoms with van der Waals surface area (Å²) in [5.74, 6) is -0.594. The molecule has 2 saturated heterocycles. The molecule has 1 unspecified atom stereocenters. The Hall–Kier alpha value is -4.33. The number of hydrogen-bond acceptors (Lipinski definition) is 3. The van der Waals surface area contributed by atoms with Crippen LogP contribution < -0.4 is 4.90 Å². The quantitative estimate of drug-likeness (QED) is 0.426. The van der Waals surface area contributed by atoms with Crippen LogP contribution in [0.5, 0.6) is 0 Å². The minimum absolute atomic E-state index is 0.121. The summed E-state index contributed by atoms with van der Waals surface area (Å²) in [7, 11) is 0. The molecule has 0 spiro atoms. The van der Waals surface area contributed by atoms with Gasteiger partial charge >= 0.3 is 18.0 Å². The van der Waals surface area contributed by atoms with E-state index in [4.69, 9.17) is 0 Å². The Labute approximate surface area is 234 Å². The van der Waals surface area contributed by atoms with Crippen LogP contribution in [0.1, 0.15) is 31.2 Å². The summed E-state index contributed by atoms with van der Waals surface area (Å²) in [6.45, 7) is 1.33. The number of likely N-dealkylation sites (tertiary alicyclic amines) is 1. The smallest absolute Gasteiger partial charge is 0.329 e. The number of nitrogens with zero attached hydrogens (tertiary/aromatic N) is 4. The van der Waals surface area contributed by atoms with Gasteiger partial charge in [0.05, 0.1) is 23.5 Å². The lowest BCUT2D eigenvalue weighted by atomic mass is 10.0. The molecule has 3 aromatic rings. The monoisotopic (exact) mass is 538 g/mol.